The monoisotopic (exact) mass is 270 g/mol. The summed E-state index contributed by atoms with van der Waals surface area (Å²) in [5.41, 5.74) is 0.356. The molecular weight excluding hydrogens is 244 g/mol. The van der Waals surface area contributed by atoms with Crippen LogP contribution in [0.5, 0.6) is 0 Å². The first-order valence-corrected chi connectivity index (χ1v) is 8.15. The Kier molecular flexibility index (Phi) is 4.96. The van der Waals surface area contributed by atoms with Gasteiger partial charge in [-0.25, -0.2) is 0 Å². The lowest BCUT2D eigenvalue weighted by molar-refractivity contribution is 0.0853. The van der Waals surface area contributed by atoms with Crippen molar-refractivity contribution >= 4 is 16.9 Å². The highest BCUT2D eigenvalue weighted by atomic mass is 32.2. The highest BCUT2D eigenvalue weighted by Gasteiger charge is 2.39. The molecule has 3 nitrogen and oxygen atoms in total. The number of ether oxygens (including phenoxy) is 1. The maximum atomic E-state index is 5.51. The second-order valence-corrected chi connectivity index (χ2v) is 6.95. The number of aliphatic imine (C=N–C) groups is 1. The van der Waals surface area contributed by atoms with Crippen molar-refractivity contribution in [3.8, 4) is 0 Å². The summed E-state index contributed by atoms with van der Waals surface area (Å²) in [7, 11) is 0. The Hall–Kier alpha value is -0.220. The number of rotatable bonds is 4. The van der Waals surface area contributed by atoms with E-state index in [0.29, 0.717) is 11.6 Å². The van der Waals surface area contributed by atoms with Crippen LogP contribution in [0, 0.1) is 5.92 Å². The van der Waals surface area contributed by atoms with Gasteiger partial charge in [-0.2, -0.15) is 0 Å². The minimum absolute atomic E-state index is 0.306. The number of nitrogens with zero attached hydrogens (tertiary/aromatic N) is 1. The van der Waals surface area contributed by atoms with E-state index in [1.165, 1.54) is 31.4 Å². The largest absolute Gasteiger partial charge is 0.377 e. The molecule has 4 heteroatoms. The van der Waals surface area contributed by atoms with E-state index in [0.717, 1.165) is 24.2 Å². The van der Waals surface area contributed by atoms with Gasteiger partial charge >= 0.3 is 0 Å². The van der Waals surface area contributed by atoms with E-state index < -0.39 is 0 Å². The number of hydrogen-bond donors (Lipinski definition) is 1. The summed E-state index contributed by atoms with van der Waals surface area (Å²) in [6.07, 6.45) is 5.64. The average molecular weight is 270 g/mol. The summed E-state index contributed by atoms with van der Waals surface area (Å²) < 4.78 is 5.51. The maximum absolute atomic E-state index is 5.51. The fourth-order valence-electron chi connectivity index (χ4n) is 2.61. The van der Waals surface area contributed by atoms with Crippen molar-refractivity contribution in [1.82, 2.24) is 5.32 Å². The fourth-order valence-corrected chi connectivity index (χ4v) is 3.86. The van der Waals surface area contributed by atoms with Gasteiger partial charge in [0.05, 0.1) is 19.3 Å². The number of nitrogens with one attached hydrogen (secondary N) is 1. The van der Waals surface area contributed by atoms with Gasteiger partial charge in [0, 0.05) is 11.3 Å². The van der Waals surface area contributed by atoms with Crippen molar-refractivity contribution < 1.29 is 4.74 Å². The molecule has 1 spiro atoms. The molecule has 1 aliphatic carbocycles. The number of thioether (sulfide) groups is 1. The summed E-state index contributed by atoms with van der Waals surface area (Å²) in [5, 5.41) is 4.81. The molecule has 18 heavy (non-hydrogen) atoms. The molecule has 1 N–H and O–H groups in total. The van der Waals surface area contributed by atoms with Crippen molar-refractivity contribution in [2.75, 3.05) is 18.9 Å². The van der Waals surface area contributed by atoms with E-state index in [4.69, 9.17) is 4.74 Å². The third-order valence-electron chi connectivity index (χ3n) is 3.89. The van der Waals surface area contributed by atoms with E-state index in [9.17, 15) is 0 Å². The van der Waals surface area contributed by atoms with Crippen molar-refractivity contribution in [2.45, 2.75) is 58.1 Å². The van der Waals surface area contributed by atoms with Gasteiger partial charge in [-0.3, -0.25) is 4.99 Å². The highest BCUT2D eigenvalue weighted by molar-refractivity contribution is 8.14. The van der Waals surface area contributed by atoms with Gasteiger partial charge in [-0.1, -0.05) is 18.7 Å². The second kappa shape index (κ2) is 6.29. The van der Waals surface area contributed by atoms with Crippen LogP contribution in [0.25, 0.3) is 0 Å². The zero-order valence-corrected chi connectivity index (χ0v) is 12.7. The van der Waals surface area contributed by atoms with Crippen molar-refractivity contribution in [3.63, 3.8) is 0 Å². The number of hydrogen-bond acceptors (Lipinski definition) is 3. The van der Waals surface area contributed by atoms with Gasteiger partial charge < -0.3 is 10.1 Å². The Morgan fingerprint density at radius 1 is 1.44 bits per heavy atom. The summed E-state index contributed by atoms with van der Waals surface area (Å²) in [4.78, 5) is 4.61. The van der Waals surface area contributed by atoms with Gasteiger partial charge in [-0.15, -0.1) is 0 Å². The van der Waals surface area contributed by atoms with Crippen LogP contribution in [-0.2, 0) is 4.74 Å². The first-order chi connectivity index (χ1) is 8.60. The molecule has 1 saturated heterocycles. The van der Waals surface area contributed by atoms with Crippen LogP contribution in [-0.4, -0.2) is 35.7 Å². The molecule has 1 heterocycles. The van der Waals surface area contributed by atoms with Crippen LogP contribution in [0.1, 0.15) is 46.5 Å². The molecular formula is C14H26N2OS. The Bertz CT molecular complexity index is 296. The maximum Gasteiger partial charge on any atom is 0.157 e. The zero-order valence-electron chi connectivity index (χ0n) is 11.9. The van der Waals surface area contributed by atoms with Crippen LogP contribution in [0.3, 0.4) is 0 Å². The molecule has 2 aliphatic rings. The Morgan fingerprint density at radius 3 is 2.83 bits per heavy atom. The molecule has 1 aliphatic heterocycles. The minimum atomic E-state index is 0.306. The molecule has 0 unspecified atom stereocenters. The van der Waals surface area contributed by atoms with Gasteiger partial charge in [-0.05, 0) is 45.4 Å². The summed E-state index contributed by atoms with van der Waals surface area (Å²) in [5.74, 6) is 2.10. The van der Waals surface area contributed by atoms with Gasteiger partial charge in [0.15, 0.2) is 5.17 Å². The molecule has 2 fully saturated rings. The minimum Gasteiger partial charge on any atom is -0.377 e. The molecule has 0 bridgehead atoms. The van der Waals surface area contributed by atoms with E-state index in [1.54, 1.807) is 0 Å². The lowest BCUT2D eigenvalue weighted by Crippen LogP contribution is -2.46. The zero-order chi connectivity index (χ0) is 13.0. The van der Waals surface area contributed by atoms with Gasteiger partial charge in [0.25, 0.3) is 0 Å². The Balaban J connectivity index is 1.75. The van der Waals surface area contributed by atoms with Crippen LogP contribution < -0.4 is 5.32 Å². The third-order valence-corrected chi connectivity index (χ3v) is 5.09. The standard InChI is InChI=1S/C14H26N2OS/c1-11(2)17-9-8-15-13-16-14(10-18-13)6-4-12(3)5-7-14/h11-12H,4-10H2,1-3H3,(H,15,16). The van der Waals surface area contributed by atoms with Gasteiger partial charge in [0.2, 0.25) is 0 Å². The van der Waals surface area contributed by atoms with Crippen LogP contribution >= 0.6 is 11.8 Å². The molecule has 0 aromatic rings. The first-order valence-electron chi connectivity index (χ1n) is 7.17. The quantitative estimate of drug-likeness (QED) is 0.797. The molecule has 1 saturated carbocycles. The van der Waals surface area contributed by atoms with E-state index in [2.05, 4.69) is 31.1 Å². The topological polar surface area (TPSA) is 33.6 Å². The molecule has 0 atom stereocenters. The molecule has 0 radical (unpaired) electrons. The van der Waals surface area contributed by atoms with Crippen molar-refractivity contribution in [1.29, 1.82) is 0 Å². The average Bonchev–Trinajstić information content (AvgIpc) is 2.73. The van der Waals surface area contributed by atoms with Crippen LogP contribution in [0.4, 0.5) is 0 Å². The predicted molar refractivity (Wildman–Crippen MR) is 79.3 cm³/mol. The lowest BCUT2D eigenvalue weighted by atomic mass is 9.78. The summed E-state index contributed by atoms with van der Waals surface area (Å²) in [6, 6.07) is 0. The summed E-state index contributed by atoms with van der Waals surface area (Å²) in [6.45, 7) is 8.00. The van der Waals surface area contributed by atoms with Crippen molar-refractivity contribution in [3.05, 3.63) is 0 Å². The second-order valence-electron chi connectivity index (χ2n) is 5.98. The van der Waals surface area contributed by atoms with E-state index in [1.807, 2.05) is 11.8 Å². The van der Waals surface area contributed by atoms with E-state index in [-0.39, 0.29) is 0 Å². The van der Waals surface area contributed by atoms with Crippen LogP contribution in [0.15, 0.2) is 4.99 Å². The lowest BCUT2D eigenvalue weighted by Gasteiger charge is -2.35. The normalized spacial score (nSPS) is 34.4. The van der Waals surface area contributed by atoms with Crippen molar-refractivity contribution in [2.24, 2.45) is 10.9 Å². The smallest absolute Gasteiger partial charge is 0.157 e. The highest BCUT2D eigenvalue weighted by Crippen LogP contribution is 2.38. The Morgan fingerprint density at radius 2 is 2.17 bits per heavy atom. The Labute approximate surface area is 115 Å². The molecule has 2 rings (SSSR count). The summed E-state index contributed by atoms with van der Waals surface area (Å²) >= 11 is 1.89. The first kappa shape index (κ1) is 14.2. The SMILES string of the molecule is CC1CCC2(CC1)CSC(=NCCOC(C)C)N2. The number of amidine groups is 1. The third kappa shape index (κ3) is 3.89. The van der Waals surface area contributed by atoms with E-state index >= 15 is 0 Å². The predicted octanol–water partition coefficient (Wildman–Crippen LogP) is 3.05. The molecule has 0 amide bonds. The molecule has 0 aromatic heterocycles. The van der Waals surface area contributed by atoms with Crippen LogP contribution in [0.2, 0.25) is 0 Å². The molecule has 104 valence electrons. The fraction of sp³-hybridized carbons (Fsp3) is 0.929. The molecule has 0 aromatic carbocycles. The van der Waals surface area contributed by atoms with Gasteiger partial charge in [0.1, 0.15) is 0 Å².